The number of hydrogen-bond acceptors (Lipinski definition) is 1. The summed E-state index contributed by atoms with van der Waals surface area (Å²) in [5, 5.41) is 5.41. The Balaban J connectivity index is 1.60. The number of halogens is 2. The zero-order valence-corrected chi connectivity index (χ0v) is 13.6. The molecule has 2 aromatic carbocycles. The van der Waals surface area contributed by atoms with Crippen LogP contribution in [-0.4, -0.2) is 12.1 Å². The Morgan fingerprint density at radius 1 is 1.10 bits per heavy atom. The molecule has 110 valence electrons. The van der Waals surface area contributed by atoms with Gasteiger partial charge in [-0.05, 0) is 61.1 Å². The second-order valence-electron chi connectivity index (χ2n) is 5.88. The normalized spacial score (nSPS) is 18.5. The third kappa shape index (κ3) is 3.60. The third-order valence-corrected chi connectivity index (χ3v) is 4.71. The molecule has 2 atom stereocenters. The summed E-state index contributed by atoms with van der Waals surface area (Å²) in [7, 11) is 0. The lowest BCUT2D eigenvalue weighted by molar-refractivity contribution is 0.454. The molecular formula is C18H19Cl2N. The van der Waals surface area contributed by atoms with E-state index in [4.69, 9.17) is 23.2 Å². The molecule has 0 aliphatic heterocycles. The van der Waals surface area contributed by atoms with Gasteiger partial charge < -0.3 is 5.32 Å². The summed E-state index contributed by atoms with van der Waals surface area (Å²) in [6.07, 6.45) is 3.09. The van der Waals surface area contributed by atoms with Crippen LogP contribution in [0.3, 0.4) is 0 Å². The summed E-state index contributed by atoms with van der Waals surface area (Å²) in [5.74, 6) is 0. The molecule has 3 heteroatoms. The first kappa shape index (κ1) is 14.9. The Morgan fingerprint density at radius 3 is 2.67 bits per heavy atom. The molecule has 0 bridgehead atoms. The Labute approximate surface area is 136 Å². The van der Waals surface area contributed by atoms with Crippen LogP contribution in [0.1, 0.15) is 23.6 Å². The standard InChI is InChI=1S/C18H19Cl2N/c1-12(8-14-4-2-3-5-18(14)20)21-17-10-13-6-7-16(19)9-15(13)11-17/h2-7,9,12,17,21H,8,10-11H2,1H3. The van der Waals surface area contributed by atoms with Gasteiger partial charge in [0.15, 0.2) is 0 Å². The van der Waals surface area contributed by atoms with Crippen molar-refractivity contribution in [1.29, 1.82) is 0 Å². The molecule has 1 nitrogen and oxygen atoms in total. The van der Waals surface area contributed by atoms with E-state index in [1.165, 1.54) is 16.7 Å². The molecule has 0 saturated heterocycles. The summed E-state index contributed by atoms with van der Waals surface area (Å²) in [6, 6.07) is 15.2. The van der Waals surface area contributed by atoms with E-state index in [9.17, 15) is 0 Å². The van der Waals surface area contributed by atoms with Crippen LogP contribution < -0.4 is 5.32 Å². The molecule has 0 spiro atoms. The fraction of sp³-hybridized carbons (Fsp3) is 0.333. The monoisotopic (exact) mass is 319 g/mol. The van der Waals surface area contributed by atoms with E-state index in [1.54, 1.807) is 0 Å². The first-order valence-corrected chi connectivity index (χ1v) is 8.14. The summed E-state index contributed by atoms with van der Waals surface area (Å²) < 4.78 is 0. The summed E-state index contributed by atoms with van der Waals surface area (Å²) in [4.78, 5) is 0. The zero-order valence-electron chi connectivity index (χ0n) is 12.1. The summed E-state index contributed by atoms with van der Waals surface area (Å²) in [6.45, 7) is 2.22. The van der Waals surface area contributed by atoms with Gasteiger partial charge in [-0.1, -0.05) is 47.5 Å². The van der Waals surface area contributed by atoms with Gasteiger partial charge in [0.25, 0.3) is 0 Å². The van der Waals surface area contributed by atoms with Crippen molar-refractivity contribution in [3.8, 4) is 0 Å². The van der Waals surface area contributed by atoms with Crippen LogP contribution in [0, 0.1) is 0 Å². The molecule has 0 saturated carbocycles. The number of benzene rings is 2. The minimum absolute atomic E-state index is 0.402. The smallest absolute Gasteiger partial charge is 0.0438 e. The third-order valence-electron chi connectivity index (χ3n) is 4.11. The number of rotatable bonds is 4. The van der Waals surface area contributed by atoms with Crippen LogP contribution in [0.15, 0.2) is 42.5 Å². The molecule has 1 N–H and O–H groups in total. The van der Waals surface area contributed by atoms with Gasteiger partial charge in [0.05, 0.1) is 0 Å². The topological polar surface area (TPSA) is 12.0 Å². The highest BCUT2D eigenvalue weighted by molar-refractivity contribution is 6.31. The van der Waals surface area contributed by atoms with Crippen molar-refractivity contribution < 1.29 is 0 Å². The van der Waals surface area contributed by atoms with Crippen LogP contribution in [0.25, 0.3) is 0 Å². The fourth-order valence-corrected chi connectivity index (χ4v) is 3.57. The van der Waals surface area contributed by atoms with Gasteiger partial charge in [-0.3, -0.25) is 0 Å². The van der Waals surface area contributed by atoms with Gasteiger partial charge in [0, 0.05) is 22.1 Å². The van der Waals surface area contributed by atoms with Crippen molar-refractivity contribution in [2.45, 2.75) is 38.3 Å². The van der Waals surface area contributed by atoms with Crippen LogP contribution in [0.5, 0.6) is 0 Å². The molecule has 0 aromatic heterocycles. The van der Waals surface area contributed by atoms with Gasteiger partial charge >= 0.3 is 0 Å². The lowest BCUT2D eigenvalue weighted by Crippen LogP contribution is -2.38. The van der Waals surface area contributed by atoms with Crippen molar-refractivity contribution >= 4 is 23.2 Å². The first-order valence-electron chi connectivity index (χ1n) is 7.38. The van der Waals surface area contributed by atoms with E-state index in [2.05, 4.69) is 30.4 Å². The molecule has 2 aromatic rings. The summed E-state index contributed by atoms with van der Waals surface area (Å²) >= 11 is 12.3. The van der Waals surface area contributed by atoms with Gasteiger partial charge in [-0.2, -0.15) is 0 Å². The summed E-state index contributed by atoms with van der Waals surface area (Å²) in [5.41, 5.74) is 4.00. The zero-order chi connectivity index (χ0) is 14.8. The predicted molar refractivity (Wildman–Crippen MR) is 90.4 cm³/mol. The maximum atomic E-state index is 6.23. The first-order chi connectivity index (χ1) is 10.1. The van der Waals surface area contributed by atoms with Crippen molar-refractivity contribution in [2.75, 3.05) is 0 Å². The van der Waals surface area contributed by atoms with Crippen LogP contribution >= 0.6 is 23.2 Å². The molecule has 1 aliphatic rings. The number of fused-ring (bicyclic) bond motifs is 1. The average molecular weight is 320 g/mol. The molecule has 0 heterocycles. The molecule has 2 unspecified atom stereocenters. The van der Waals surface area contributed by atoms with E-state index in [0.717, 1.165) is 29.3 Å². The van der Waals surface area contributed by atoms with E-state index in [-0.39, 0.29) is 0 Å². The average Bonchev–Trinajstić information content (AvgIpc) is 2.82. The van der Waals surface area contributed by atoms with Crippen molar-refractivity contribution in [3.63, 3.8) is 0 Å². The number of hydrogen-bond donors (Lipinski definition) is 1. The van der Waals surface area contributed by atoms with Crippen LogP contribution in [-0.2, 0) is 19.3 Å². The molecule has 0 amide bonds. The Morgan fingerprint density at radius 2 is 1.86 bits per heavy atom. The Bertz CT molecular complexity index is 639. The molecule has 0 radical (unpaired) electrons. The van der Waals surface area contributed by atoms with Crippen molar-refractivity contribution in [2.24, 2.45) is 0 Å². The highest BCUT2D eigenvalue weighted by atomic mass is 35.5. The second kappa shape index (κ2) is 6.39. The predicted octanol–water partition coefficient (Wildman–Crippen LogP) is 4.68. The number of nitrogens with one attached hydrogen (secondary N) is 1. The van der Waals surface area contributed by atoms with Crippen molar-refractivity contribution in [3.05, 3.63) is 69.2 Å². The van der Waals surface area contributed by atoms with E-state index in [1.807, 2.05) is 24.3 Å². The highest BCUT2D eigenvalue weighted by Crippen LogP contribution is 2.26. The maximum absolute atomic E-state index is 6.23. The maximum Gasteiger partial charge on any atom is 0.0438 e. The van der Waals surface area contributed by atoms with Gasteiger partial charge in [-0.15, -0.1) is 0 Å². The lowest BCUT2D eigenvalue weighted by Gasteiger charge is -2.19. The Kier molecular flexibility index (Phi) is 4.54. The SMILES string of the molecule is CC(Cc1ccccc1Cl)NC1Cc2ccc(Cl)cc2C1. The van der Waals surface area contributed by atoms with Crippen molar-refractivity contribution in [1.82, 2.24) is 5.32 Å². The van der Waals surface area contributed by atoms with Gasteiger partial charge in [0.2, 0.25) is 0 Å². The highest BCUT2D eigenvalue weighted by Gasteiger charge is 2.22. The van der Waals surface area contributed by atoms with Gasteiger partial charge in [-0.25, -0.2) is 0 Å². The quantitative estimate of drug-likeness (QED) is 0.862. The van der Waals surface area contributed by atoms with E-state index in [0.29, 0.717) is 12.1 Å². The fourth-order valence-electron chi connectivity index (χ4n) is 3.16. The molecule has 21 heavy (non-hydrogen) atoms. The van der Waals surface area contributed by atoms with Crippen LogP contribution in [0.2, 0.25) is 10.0 Å². The molecule has 0 fully saturated rings. The van der Waals surface area contributed by atoms with Gasteiger partial charge in [0.1, 0.15) is 0 Å². The molecule has 1 aliphatic carbocycles. The minimum atomic E-state index is 0.402. The minimum Gasteiger partial charge on any atom is -0.311 e. The van der Waals surface area contributed by atoms with Crippen LogP contribution in [0.4, 0.5) is 0 Å². The molecule has 3 rings (SSSR count). The Hall–Kier alpha value is -1.02. The lowest BCUT2D eigenvalue weighted by atomic mass is 10.1. The second-order valence-corrected chi connectivity index (χ2v) is 6.73. The molecular weight excluding hydrogens is 301 g/mol. The largest absolute Gasteiger partial charge is 0.311 e. The van der Waals surface area contributed by atoms with E-state index >= 15 is 0 Å². The van der Waals surface area contributed by atoms with E-state index < -0.39 is 0 Å².